The molecule has 24 heteroatoms. The number of carbonyl (C=O) groups is 10. The number of benzene rings is 1. The van der Waals surface area contributed by atoms with Crippen LogP contribution in [0.25, 0.3) is 0 Å². The number of rotatable bonds is 59. The normalized spacial score (nSPS) is 24.7. The number of hydrogen-bond acceptors (Lipinski definition) is 22. The first-order chi connectivity index (χ1) is 51.7. The fourth-order valence-corrected chi connectivity index (χ4v) is 14.2. The number of Topliss-reactive ketones (excluding diaryl/α,β-unsaturated/α-hetero) is 5. The van der Waals surface area contributed by atoms with Crippen molar-refractivity contribution in [3.8, 4) is 0 Å². The van der Waals surface area contributed by atoms with E-state index < -0.39 is 24.2 Å². The van der Waals surface area contributed by atoms with Crippen LogP contribution >= 0.6 is 0 Å². The van der Waals surface area contributed by atoms with Crippen molar-refractivity contribution in [2.24, 2.45) is 53.3 Å². The molecule has 4 rings (SSSR count). The molecule has 0 saturated carbocycles. The predicted octanol–water partition coefficient (Wildman–Crippen LogP) is 13.9. The second kappa shape index (κ2) is 54.1. The number of alkyl carbamates (subject to hydrolysis) is 1. The summed E-state index contributed by atoms with van der Waals surface area (Å²) in [5.41, 5.74) is -0.642. The lowest BCUT2D eigenvalue weighted by atomic mass is 9.75. The van der Waals surface area contributed by atoms with E-state index in [-0.39, 0.29) is 192 Å². The molecule has 616 valence electrons. The third-order valence-corrected chi connectivity index (χ3v) is 22.5. The van der Waals surface area contributed by atoms with Crippen molar-refractivity contribution >= 4 is 58.8 Å². The molecule has 0 aromatic heterocycles. The number of amides is 2. The number of nitrogens with one attached hydrogen (secondary N) is 2. The summed E-state index contributed by atoms with van der Waals surface area (Å²) in [7, 11) is 0. The number of hydrogen-bond donors (Lipinski definition) is 2. The molecule has 3 fully saturated rings. The number of carbonyl (C=O) groups excluding carboxylic acids is 10. The van der Waals surface area contributed by atoms with Crippen LogP contribution in [0.15, 0.2) is 30.3 Å². The van der Waals surface area contributed by atoms with Crippen molar-refractivity contribution in [2.45, 2.75) is 306 Å². The Balaban J connectivity index is 1.22. The van der Waals surface area contributed by atoms with Gasteiger partial charge in [0, 0.05) is 123 Å². The SMILES string of the molecule is CC(=O)OCC1O[C@@H](OCCCCC(=O)CCCCCC(=O)CCOCC(COCCC(=O)CCCCCC(=O)CCCCC[C@@H]2OC(COC(C)=O)[C@H](C)[C@H](C)C2C)(COCCC(=O)NCCCCC(=O)CCCCO[C@@H]2OC(COC(C)=O)[C@H](C)[C@H](C)C2C)NC(=O)OCc2ccccc2)C(C)[C@@H](C)[C@H]1C. The van der Waals surface area contributed by atoms with Crippen molar-refractivity contribution < 1.29 is 105 Å². The zero-order valence-corrected chi connectivity index (χ0v) is 67.8. The van der Waals surface area contributed by atoms with Gasteiger partial charge in [-0.2, -0.15) is 0 Å². The van der Waals surface area contributed by atoms with Gasteiger partial charge in [0.2, 0.25) is 5.91 Å². The van der Waals surface area contributed by atoms with Gasteiger partial charge in [-0.15, -0.1) is 0 Å². The van der Waals surface area contributed by atoms with E-state index >= 15 is 0 Å². The van der Waals surface area contributed by atoms with E-state index in [1.54, 1.807) is 0 Å². The molecule has 1 aromatic carbocycles. The molecular weight excluding hydrogens is 1390 g/mol. The third kappa shape index (κ3) is 39.0. The molecule has 7 unspecified atom stereocenters. The first kappa shape index (κ1) is 94.8. The van der Waals surface area contributed by atoms with Crippen LogP contribution in [0.5, 0.6) is 0 Å². The van der Waals surface area contributed by atoms with E-state index in [1.165, 1.54) is 20.8 Å². The Morgan fingerprint density at radius 2 is 0.713 bits per heavy atom. The highest BCUT2D eigenvalue weighted by Gasteiger charge is 2.43. The predicted molar refractivity (Wildman–Crippen MR) is 408 cm³/mol. The van der Waals surface area contributed by atoms with E-state index in [0.717, 1.165) is 37.7 Å². The molecule has 24 nitrogen and oxygen atoms in total. The van der Waals surface area contributed by atoms with Gasteiger partial charge in [-0.3, -0.25) is 43.2 Å². The van der Waals surface area contributed by atoms with Gasteiger partial charge >= 0.3 is 24.0 Å². The monoisotopic (exact) mass is 1530 g/mol. The van der Waals surface area contributed by atoms with E-state index in [1.807, 2.05) is 30.3 Å². The van der Waals surface area contributed by atoms with Crippen molar-refractivity contribution in [2.75, 3.05) is 79.2 Å². The molecule has 2 N–H and O–H groups in total. The van der Waals surface area contributed by atoms with Crippen molar-refractivity contribution in [1.82, 2.24) is 10.6 Å². The van der Waals surface area contributed by atoms with E-state index in [0.29, 0.717) is 165 Å². The smallest absolute Gasteiger partial charge is 0.408 e. The molecule has 3 aliphatic rings. The maximum absolute atomic E-state index is 13.7. The number of esters is 3. The number of ketones is 5. The Morgan fingerprint density at radius 1 is 0.361 bits per heavy atom. The topological polar surface area (TPSA) is 306 Å². The molecule has 108 heavy (non-hydrogen) atoms. The Bertz CT molecular complexity index is 2540. The third-order valence-electron chi connectivity index (χ3n) is 22.5. The highest BCUT2D eigenvalue weighted by Crippen LogP contribution is 2.39. The summed E-state index contributed by atoms with van der Waals surface area (Å²) >= 11 is 0. The summed E-state index contributed by atoms with van der Waals surface area (Å²) in [5, 5.41) is 5.82. The lowest BCUT2D eigenvalue weighted by Gasteiger charge is -2.43. The molecule has 0 aliphatic carbocycles. The minimum atomic E-state index is -1.40. The summed E-state index contributed by atoms with van der Waals surface area (Å²) in [6.45, 7) is 24.8. The van der Waals surface area contributed by atoms with Crippen molar-refractivity contribution in [3.63, 3.8) is 0 Å². The zero-order chi connectivity index (χ0) is 79.2. The fraction of sp³-hybridized carbons (Fsp3) is 0.810. The first-order valence-electron chi connectivity index (χ1n) is 40.9. The molecule has 3 aliphatic heterocycles. The van der Waals surface area contributed by atoms with Crippen molar-refractivity contribution in [1.29, 1.82) is 0 Å². The van der Waals surface area contributed by atoms with Crippen LogP contribution < -0.4 is 10.6 Å². The van der Waals surface area contributed by atoms with Crippen molar-refractivity contribution in [3.05, 3.63) is 35.9 Å². The van der Waals surface area contributed by atoms with Gasteiger partial charge < -0.3 is 67.5 Å². The van der Waals surface area contributed by atoms with Gasteiger partial charge in [0.15, 0.2) is 12.6 Å². The van der Waals surface area contributed by atoms with Crippen LogP contribution in [0.4, 0.5) is 4.79 Å². The minimum absolute atomic E-state index is 0.00975. The number of unbranched alkanes of at least 4 members (excludes halogenated alkanes) is 9. The zero-order valence-electron chi connectivity index (χ0n) is 67.8. The van der Waals surface area contributed by atoms with Crippen LogP contribution in [0.3, 0.4) is 0 Å². The number of ether oxygens (including phenoxy) is 12. The summed E-state index contributed by atoms with van der Waals surface area (Å²) in [6.07, 6.45) is 12.9. The van der Waals surface area contributed by atoms with Gasteiger partial charge in [-0.05, 0) is 124 Å². The second-order valence-corrected chi connectivity index (χ2v) is 31.2. The Labute approximate surface area is 645 Å². The Hall–Kier alpha value is -5.60. The lowest BCUT2D eigenvalue weighted by Crippen LogP contribution is -2.58. The molecule has 3 heterocycles. The van der Waals surface area contributed by atoms with Gasteiger partial charge in [0.1, 0.15) is 60.9 Å². The van der Waals surface area contributed by atoms with E-state index in [9.17, 15) is 47.9 Å². The van der Waals surface area contributed by atoms with Gasteiger partial charge in [0.05, 0.1) is 64.1 Å². The fourth-order valence-electron chi connectivity index (χ4n) is 14.2. The maximum atomic E-state index is 13.7. The quantitative estimate of drug-likeness (QED) is 0.0348. The highest BCUT2D eigenvalue weighted by atomic mass is 16.7. The highest BCUT2D eigenvalue weighted by molar-refractivity contribution is 5.80. The molecule has 1 aromatic rings. The molecule has 3 saturated heterocycles. The summed E-state index contributed by atoms with van der Waals surface area (Å²) < 4.78 is 70.9. The standard InChI is InChI=1S/C84H138N2O22/c1-58-61(4)76(106-77(62(58)5)52-102-67(10)87)41-24-16-23-35-71(90)33-19-14-21-36-74(93)42-48-97-55-84(86-83(96)105-51-70-31-17-13-18-32-70,56-98-49-43-75(94)37-22-15-20-34-72(91)39-26-29-46-100-81-65(8)59(2)63(6)78(107-81)53-103-68(11)88)57-99-50-44-80(95)85-45-28-25-38-73(92)40-27-30-47-101-82-66(9)60(3)64(7)79(108-82)54-104-69(12)89/h13,17-18,31-32,58-66,76-79,81-82H,14-16,19-30,33-57H2,1-12H3,(H,85,95)(H,86,96)/t58-,59+,60+,61?,62-,63-,64-,65?,66?,76+,77?,78?,79?,81-,82-,84?/m1/s1. The van der Waals surface area contributed by atoms with Crippen LogP contribution in [0.1, 0.15) is 262 Å². The summed E-state index contributed by atoms with van der Waals surface area (Å²) in [5.74, 6) is 1.67. The van der Waals surface area contributed by atoms with Gasteiger partial charge in [-0.1, -0.05) is 118 Å². The van der Waals surface area contributed by atoms with Crippen LogP contribution in [-0.2, 0) is 107 Å². The Kier molecular flexibility index (Phi) is 47.5. The Morgan fingerprint density at radius 3 is 1.13 bits per heavy atom. The summed E-state index contributed by atoms with van der Waals surface area (Å²) in [6, 6.07) is 9.16. The van der Waals surface area contributed by atoms with E-state index in [4.69, 9.17) is 56.8 Å². The van der Waals surface area contributed by atoms with Gasteiger partial charge in [0.25, 0.3) is 0 Å². The molecule has 0 bridgehead atoms. The maximum Gasteiger partial charge on any atom is 0.408 e. The first-order valence-corrected chi connectivity index (χ1v) is 40.9. The largest absolute Gasteiger partial charge is 0.463 e. The molecular formula is C84H138N2O22. The van der Waals surface area contributed by atoms with Crippen LogP contribution in [-0.4, -0.2) is 181 Å². The summed E-state index contributed by atoms with van der Waals surface area (Å²) in [4.78, 5) is 126. The average molecular weight is 1530 g/mol. The average Bonchev–Trinajstić information content (AvgIpc) is 0.827. The minimum Gasteiger partial charge on any atom is -0.463 e. The van der Waals surface area contributed by atoms with E-state index in [2.05, 4.69) is 72.9 Å². The molecule has 2 amide bonds. The van der Waals surface area contributed by atoms with Gasteiger partial charge in [-0.25, -0.2) is 4.79 Å². The molecule has 16 atom stereocenters. The van der Waals surface area contributed by atoms with Crippen LogP contribution in [0.2, 0.25) is 0 Å². The second-order valence-electron chi connectivity index (χ2n) is 31.2. The molecule has 0 spiro atoms. The lowest BCUT2D eigenvalue weighted by molar-refractivity contribution is -0.255. The van der Waals surface area contributed by atoms with Crippen LogP contribution in [0, 0.1) is 53.3 Å². The molecule has 0 radical (unpaired) electrons.